The molecule has 0 radical (unpaired) electrons. The molecule has 0 aliphatic carbocycles. The summed E-state index contributed by atoms with van der Waals surface area (Å²) in [5.74, 6) is 1.63. The number of hydrogen-bond donors (Lipinski definition) is 1. The summed E-state index contributed by atoms with van der Waals surface area (Å²) in [5.41, 5.74) is 1.42. The summed E-state index contributed by atoms with van der Waals surface area (Å²) >= 11 is 6.07. The molecule has 0 spiro atoms. The highest BCUT2D eigenvalue weighted by Gasteiger charge is 2.00. The van der Waals surface area contributed by atoms with E-state index in [2.05, 4.69) is 50.1 Å². The topological polar surface area (TPSA) is 0 Å². The van der Waals surface area contributed by atoms with E-state index in [1.54, 1.807) is 11.8 Å². The first kappa shape index (κ1) is 11.0. The summed E-state index contributed by atoms with van der Waals surface area (Å²) in [6.45, 7) is 2.23. The largest absolute Gasteiger partial charge is 0.179 e. The van der Waals surface area contributed by atoms with Crippen LogP contribution >= 0.6 is 24.4 Å². The molecular formula is C11H16S2. The second kappa shape index (κ2) is 5.61. The molecule has 0 saturated heterocycles. The molecule has 0 saturated carbocycles. The molecule has 0 aliphatic heterocycles. The molecule has 0 nitrogen and oxygen atoms in total. The molecule has 0 N–H and O–H groups in total. The highest BCUT2D eigenvalue weighted by Crippen LogP contribution is 2.17. The van der Waals surface area contributed by atoms with Gasteiger partial charge in [-0.25, -0.2) is 0 Å². The fourth-order valence-corrected chi connectivity index (χ4v) is 1.77. The van der Waals surface area contributed by atoms with Crippen molar-refractivity contribution >= 4 is 24.4 Å². The summed E-state index contributed by atoms with van der Waals surface area (Å²) in [5, 5.41) is 0. The molecule has 1 atom stereocenters. The van der Waals surface area contributed by atoms with Crippen LogP contribution in [0.5, 0.6) is 0 Å². The Morgan fingerprint density at radius 2 is 1.92 bits per heavy atom. The van der Waals surface area contributed by atoms with Crippen molar-refractivity contribution in [2.45, 2.75) is 18.2 Å². The first-order chi connectivity index (χ1) is 6.26. The van der Waals surface area contributed by atoms with Crippen molar-refractivity contribution in [3.8, 4) is 0 Å². The van der Waals surface area contributed by atoms with Crippen molar-refractivity contribution < 1.29 is 0 Å². The number of hydrogen-bond acceptors (Lipinski definition) is 2. The predicted octanol–water partition coefficient (Wildman–Crippen LogP) is 3.52. The van der Waals surface area contributed by atoms with E-state index in [4.69, 9.17) is 0 Å². The van der Waals surface area contributed by atoms with Gasteiger partial charge in [0.1, 0.15) is 0 Å². The molecule has 1 unspecified atom stereocenters. The second-order valence-electron chi connectivity index (χ2n) is 3.34. The molecule has 0 aliphatic rings. The third-order valence-electron chi connectivity index (χ3n) is 2.05. The number of thioether (sulfide) groups is 1. The molecule has 1 rings (SSSR count). The summed E-state index contributed by atoms with van der Waals surface area (Å²) < 4.78 is 0. The van der Waals surface area contributed by atoms with E-state index < -0.39 is 0 Å². The van der Waals surface area contributed by atoms with Gasteiger partial charge in [-0.1, -0.05) is 19.1 Å². The Hall–Kier alpha value is -0.0800. The lowest BCUT2D eigenvalue weighted by Crippen LogP contribution is -2.00. The Morgan fingerprint density at radius 3 is 2.38 bits per heavy atom. The Kier molecular flexibility index (Phi) is 4.74. The molecule has 0 aromatic heterocycles. The maximum Gasteiger partial charge on any atom is 0.00693 e. The first-order valence-corrected chi connectivity index (χ1v) is 6.35. The maximum atomic E-state index is 4.28. The van der Waals surface area contributed by atoms with Crippen molar-refractivity contribution in [3.63, 3.8) is 0 Å². The normalized spacial score (nSPS) is 12.8. The lowest BCUT2D eigenvalue weighted by atomic mass is 10.0. The number of benzene rings is 1. The average Bonchev–Trinajstić information content (AvgIpc) is 2.19. The summed E-state index contributed by atoms with van der Waals surface area (Å²) in [4.78, 5) is 1.34. The van der Waals surface area contributed by atoms with E-state index in [1.807, 2.05) is 0 Å². The van der Waals surface area contributed by atoms with Crippen LogP contribution in [-0.2, 0) is 6.42 Å². The molecule has 1 aromatic rings. The smallest absolute Gasteiger partial charge is 0.00693 e. The zero-order chi connectivity index (χ0) is 9.68. The Bertz CT molecular complexity index is 241. The van der Waals surface area contributed by atoms with Crippen molar-refractivity contribution in [1.29, 1.82) is 0 Å². The van der Waals surface area contributed by atoms with Gasteiger partial charge in [0.15, 0.2) is 0 Å². The van der Waals surface area contributed by atoms with E-state index in [1.165, 1.54) is 10.5 Å². The van der Waals surface area contributed by atoms with Crippen molar-refractivity contribution in [2.75, 3.05) is 12.0 Å². The lowest BCUT2D eigenvalue weighted by Gasteiger charge is -2.07. The van der Waals surface area contributed by atoms with E-state index in [0.717, 1.165) is 12.2 Å². The summed E-state index contributed by atoms with van der Waals surface area (Å²) in [7, 11) is 0. The molecule has 0 heterocycles. The molecule has 1 aromatic carbocycles. The summed E-state index contributed by atoms with van der Waals surface area (Å²) in [6, 6.07) is 8.80. The molecule has 0 fully saturated rings. The van der Waals surface area contributed by atoms with Crippen LogP contribution < -0.4 is 0 Å². The fraction of sp³-hybridized carbons (Fsp3) is 0.455. The van der Waals surface area contributed by atoms with Crippen molar-refractivity contribution in [1.82, 2.24) is 0 Å². The van der Waals surface area contributed by atoms with Crippen molar-refractivity contribution in [2.24, 2.45) is 5.92 Å². The van der Waals surface area contributed by atoms with Crippen LogP contribution in [0.15, 0.2) is 29.2 Å². The number of rotatable bonds is 4. The molecule has 2 heteroatoms. The Balaban J connectivity index is 2.58. The minimum Gasteiger partial charge on any atom is -0.179 e. The van der Waals surface area contributed by atoms with Gasteiger partial charge in [0.05, 0.1) is 0 Å². The van der Waals surface area contributed by atoms with Crippen LogP contribution in [0, 0.1) is 5.92 Å². The minimum absolute atomic E-state index is 0.670. The zero-order valence-electron chi connectivity index (χ0n) is 8.16. The van der Waals surface area contributed by atoms with Gasteiger partial charge in [0, 0.05) is 4.90 Å². The van der Waals surface area contributed by atoms with Gasteiger partial charge < -0.3 is 0 Å². The van der Waals surface area contributed by atoms with Crippen LogP contribution in [0.3, 0.4) is 0 Å². The average molecular weight is 212 g/mol. The molecule has 0 bridgehead atoms. The van der Waals surface area contributed by atoms with Crippen LogP contribution in [0.25, 0.3) is 0 Å². The predicted molar refractivity (Wildman–Crippen MR) is 64.9 cm³/mol. The van der Waals surface area contributed by atoms with Crippen molar-refractivity contribution in [3.05, 3.63) is 29.8 Å². The highest BCUT2D eigenvalue weighted by molar-refractivity contribution is 7.98. The van der Waals surface area contributed by atoms with E-state index >= 15 is 0 Å². The first-order valence-electron chi connectivity index (χ1n) is 4.50. The molecule has 72 valence electrons. The third-order valence-corrected chi connectivity index (χ3v) is 3.42. The van der Waals surface area contributed by atoms with Gasteiger partial charge >= 0.3 is 0 Å². The van der Waals surface area contributed by atoms with E-state index in [9.17, 15) is 0 Å². The van der Waals surface area contributed by atoms with E-state index in [-0.39, 0.29) is 0 Å². The minimum atomic E-state index is 0.670. The SMILES string of the molecule is CSc1ccc(CC(C)CS)cc1. The second-order valence-corrected chi connectivity index (χ2v) is 4.58. The lowest BCUT2D eigenvalue weighted by molar-refractivity contribution is 0.660. The third kappa shape index (κ3) is 3.65. The van der Waals surface area contributed by atoms with Gasteiger partial charge in [-0.05, 0) is 42.0 Å². The molecule has 0 amide bonds. The van der Waals surface area contributed by atoms with Crippen LogP contribution in [0.4, 0.5) is 0 Å². The Labute approximate surface area is 90.5 Å². The molecular weight excluding hydrogens is 196 g/mol. The van der Waals surface area contributed by atoms with Crippen LogP contribution in [0.2, 0.25) is 0 Å². The van der Waals surface area contributed by atoms with Crippen LogP contribution in [-0.4, -0.2) is 12.0 Å². The fourth-order valence-electron chi connectivity index (χ4n) is 1.23. The molecule has 13 heavy (non-hydrogen) atoms. The highest BCUT2D eigenvalue weighted by atomic mass is 32.2. The van der Waals surface area contributed by atoms with E-state index in [0.29, 0.717) is 5.92 Å². The monoisotopic (exact) mass is 212 g/mol. The standard InChI is InChI=1S/C11H16S2/c1-9(8-12)7-10-3-5-11(13-2)6-4-10/h3-6,9,12H,7-8H2,1-2H3. The Morgan fingerprint density at radius 1 is 1.31 bits per heavy atom. The van der Waals surface area contributed by atoms with Gasteiger partial charge in [-0.15, -0.1) is 11.8 Å². The van der Waals surface area contributed by atoms with Gasteiger partial charge in [-0.2, -0.15) is 12.6 Å². The van der Waals surface area contributed by atoms with Gasteiger partial charge in [0.2, 0.25) is 0 Å². The van der Waals surface area contributed by atoms with Gasteiger partial charge in [-0.3, -0.25) is 0 Å². The van der Waals surface area contributed by atoms with Crippen LogP contribution in [0.1, 0.15) is 12.5 Å². The number of thiol groups is 1. The quantitative estimate of drug-likeness (QED) is 0.588. The zero-order valence-corrected chi connectivity index (χ0v) is 9.87. The van der Waals surface area contributed by atoms with Gasteiger partial charge in [0.25, 0.3) is 0 Å². The maximum absolute atomic E-state index is 4.28. The summed E-state index contributed by atoms with van der Waals surface area (Å²) in [6.07, 6.45) is 3.24.